The van der Waals surface area contributed by atoms with Crippen molar-refractivity contribution in [1.29, 1.82) is 0 Å². The normalized spacial score (nSPS) is 22.7. The zero-order valence-corrected chi connectivity index (χ0v) is 12.5. The maximum Gasteiger partial charge on any atom is 0.273 e. The largest absolute Gasteiger partial charge is 0.388 e. The average Bonchev–Trinajstić information content (AvgIpc) is 3.16. The minimum Gasteiger partial charge on any atom is -0.388 e. The molecule has 1 saturated carbocycles. The summed E-state index contributed by atoms with van der Waals surface area (Å²) in [5.74, 6) is 0.768. The predicted molar refractivity (Wildman–Crippen MR) is 85.0 cm³/mol. The minimum absolute atomic E-state index is 0.175. The van der Waals surface area contributed by atoms with Crippen LogP contribution in [0.4, 0.5) is 17.1 Å². The fourth-order valence-electron chi connectivity index (χ4n) is 3.96. The molecule has 1 heterocycles. The molecular weight excluding hydrogens is 266 g/mol. The highest BCUT2D eigenvalue weighted by Crippen LogP contribution is 2.39. The van der Waals surface area contributed by atoms with Crippen LogP contribution < -0.4 is 10.2 Å². The van der Waals surface area contributed by atoms with Gasteiger partial charge < -0.3 is 10.2 Å². The number of nitrogens with one attached hydrogen (secondary N) is 1. The van der Waals surface area contributed by atoms with Crippen LogP contribution in [-0.4, -0.2) is 24.6 Å². The van der Waals surface area contributed by atoms with Gasteiger partial charge in [0.15, 0.2) is 0 Å². The molecule has 2 aliphatic rings. The summed E-state index contributed by atoms with van der Waals surface area (Å²) in [6.45, 7) is 1.02. The van der Waals surface area contributed by atoms with Gasteiger partial charge in [-0.2, -0.15) is 0 Å². The highest BCUT2D eigenvalue weighted by molar-refractivity contribution is 5.65. The number of non-ortho nitro benzene ring substituents is 1. The molecule has 21 heavy (non-hydrogen) atoms. The fourth-order valence-corrected chi connectivity index (χ4v) is 3.96. The lowest BCUT2D eigenvalue weighted by Crippen LogP contribution is -2.34. The molecule has 1 aliphatic carbocycles. The second-order valence-corrected chi connectivity index (χ2v) is 6.19. The van der Waals surface area contributed by atoms with Gasteiger partial charge in [-0.3, -0.25) is 10.1 Å². The maximum absolute atomic E-state index is 11.1. The zero-order chi connectivity index (χ0) is 14.8. The van der Waals surface area contributed by atoms with Crippen molar-refractivity contribution >= 4 is 17.1 Å². The summed E-state index contributed by atoms with van der Waals surface area (Å²) in [5, 5.41) is 14.2. The van der Waals surface area contributed by atoms with Gasteiger partial charge in [0.2, 0.25) is 0 Å². The van der Waals surface area contributed by atoms with Crippen LogP contribution in [0.25, 0.3) is 0 Å². The van der Waals surface area contributed by atoms with Crippen molar-refractivity contribution in [1.82, 2.24) is 0 Å². The summed E-state index contributed by atoms with van der Waals surface area (Å²) >= 11 is 0. The van der Waals surface area contributed by atoms with E-state index in [0.29, 0.717) is 6.04 Å². The molecule has 1 unspecified atom stereocenters. The molecule has 1 aliphatic heterocycles. The molecule has 1 N–H and O–H groups in total. The van der Waals surface area contributed by atoms with E-state index in [2.05, 4.69) is 10.2 Å². The van der Waals surface area contributed by atoms with E-state index in [4.69, 9.17) is 0 Å². The quantitative estimate of drug-likeness (QED) is 0.676. The lowest BCUT2D eigenvalue weighted by Gasteiger charge is -2.31. The first-order valence-electron chi connectivity index (χ1n) is 7.93. The predicted octanol–water partition coefficient (Wildman–Crippen LogP) is 3.80. The summed E-state index contributed by atoms with van der Waals surface area (Å²) in [6, 6.07) is 5.94. The van der Waals surface area contributed by atoms with E-state index in [1.165, 1.54) is 38.5 Å². The lowest BCUT2D eigenvalue weighted by molar-refractivity contribution is -0.384. The van der Waals surface area contributed by atoms with Crippen LogP contribution in [0, 0.1) is 16.0 Å². The molecule has 2 fully saturated rings. The first-order chi connectivity index (χ1) is 10.2. The van der Waals surface area contributed by atoms with Crippen LogP contribution >= 0.6 is 0 Å². The van der Waals surface area contributed by atoms with E-state index in [0.717, 1.165) is 23.8 Å². The van der Waals surface area contributed by atoms with Crippen LogP contribution in [0.2, 0.25) is 0 Å². The number of hydrogen-bond acceptors (Lipinski definition) is 4. The monoisotopic (exact) mass is 289 g/mol. The molecule has 5 heteroatoms. The van der Waals surface area contributed by atoms with E-state index >= 15 is 0 Å². The van der Waals surface area contributed by atoms with Gasteiger partial charge in [-0.25, -0.2) is 0 Å². The van der Waals surface area contributed by atoms with Gasteiger partial charge in [0.1, 0.15) is 0 Å². The molecule has 1 saturated heterocycles. The lowest BCUT2D eigenvalue weighted by atomic mass is 9.95. The first-order valence-corrected chi connectivity index (χ1v) is 7.93. The van der Waals surface area contributed by atoms with Crippen molar-refractivity contribution in [3.05, 3.63) is 28.3 Å². The third kappa shape index (κ3) is 2.82. The van der Waals surface area contributed by atoms with Gasteiger partial charge >= 0.3 is 0 Å². The van der Waals surface area contributed by atoms with Gasteiger partial charge in [-0.15, -0.1) is 0 Å². The molecule has 1 atom stereocenters. The Hall–Kier alpha value is -1.78. The topological polar surface area (TPSA) is 58.4 Å². The number of nitrogens with zero attached hydrogens (tertiary/aromatic N) is 2. The molecule has 0 amide bonds. The summed E-state index contributed by atoms with van der Waals surface area (Å²) in [6.07, 6.45) is 7.72. The second kappa shape index (κ2) is 5.92. The smallest absolute Gasteiger partial charge is 0.273 e. The molecule has 0 aromatic heterocycles. The number of nitro groups is 1. The Balaban J connectivity index is 1.90. The fraction of sp³-hybridized carbons (Fsp3) is 0.625. The second-order valence-electron chi connectivity index (χ2n) is 6.19. The SMILES string of the molecule is CNc1cc(N2CCCC2C2CCCC2)cc([N+](=O)[O-])c1. The number of nitro benzene ring substituents is 1. The van der Waals surface area contributed by atoms with Crippen molar-refractivity contribution in [2.24, 2.45) is 5.92 Å². The van der Waals surface area contributed by atoms with Crippen molar-refractivity contribution in [3.63, 3.8) is 0 Å². The Labute approximate surface area is 125 Å². The molecule has 0 radical (unpaired) electrons. The number of benzene rings is 1. The van der Waals surface area contributed by atoms with Gasteiger partial charge in [-0.1, -0.05) is 12.8 Å². The van der Waals surface area contributed by atoms with E-state index in [-0.39, 0.29) is 10.6 Å². The molecule has 0 bridgehead atoms. The van der Waals surface area contributed by atoms with Crippen molar-refractivity contribution in [2.45, 2.75) is 44.6 Å². The van der Waals surface area contributed by atoms with Crippen molar-refractivity contribution in [2.75, 3.05) is 23.8 Å². The van der Waals surface area contributed by atoms with E-state index < -0.39 is 0 Å². The zero-order valence-electron chi connectivity index (χ0n) is 12.5. The van der Waals surface area contributed by atoms with E-state index in [1.54, 1.807) is 19.2 Å². The highest BCUT2D eigenvalue weighted by Gasteiger charge is 2.34. The molecular formula is C16H23N3O2. The van der Waals surface area contributed by atoms with Gasteiger partial charge in [0.25, 0.3) is 5.69 Å². The van der Waals surface area contributed by atoms with Crippen molar-refractivity contribution < 1.29 is 4.92 Å². The highest BCUT2D eigenvalue weighted by atomic mass is 16.6. The molecule has 1 aromatic carbocycles. The van der Waals surface area contributed by atoms with Crippen LogP contribution in [-0.2, 0) is 0 Å². The maximum atomic E-state index is 11.1. The van der Waals surface area contributed by atoms with Crippen LogP contribution in [0.3, 0.4) is 0 Å². The average molecular weight is 289 g/mol. The summed E-state index contributed by atoms with van der Waals surface area (Å²) in [4.78, 5) is 13.2. The molecule has 5 nitrogen and oxygen atoms in total. The molecule has 1 aromatic rings. The van der Waals surface area contributed by atoms with Crippen LogP contribution in [0.1, 0.15) is 38.5 Å². The third-order valence-electron chi connectivity index (χ3n) is 4.98. The summed E-state index contributed by atoms with van der Waals surface area (Å²) < 4.78 is 0. The Morgan fingerprint density at radius 2 is 1.95 bits per heavy atom. The third-order valence-corrected chi connectivity index (χ3v) is 4.98. The van der Waals surface area contributed by atoms with Gasteiger partial charge in [-0.05, 0) is 37.7 Å². The Kier molecular flexibility index (Phi) is 3.99. The molecule has 114 valence electrons. The number of hydrogen-bond donors (Lipinski definition) is 1. The van der Waals surface area contributed by atoms with Gasteiger partial charge in [0, 0.05) is 43.1 Å². The molecule has 3 rings (SSSR count). The van der Waals surface area contributed by atoms with Gasteiger partial charge in [0.05, 0.1) is 4.92 Å². The van der Waals surface area contributed by atoms with E-state index in [1.807, 2.05) is 6.07 Å². The van der Waals surface area contributed by atoms with E-state index in [9.17, 15) is 10.1 Å². The first kappa shape index (κ1) is 14.2. The summed E-state index contributed by atoms with van der Waals surface area (Å²) in [5.41, 5.74) is 1.99. The standard InChI is InChI=1S/C16H23N3O2/c1-17-13-9-14(11-15(10-13)19(20)21)18-8-4-7-16(18)12-5-2-3-6-12/h9-12,16-17H,2-8H2,1H3. The Morgan fingerprint density at radius 3 is 2.62 bits per heavy atom. The molecule has 0 spiro atoms. The van der Waals surface area contributed by atoms with Crippen LogP contribution in [0.5, 0.6) is 0 Å². The van der Waals surface area contributed by atoms with Crippen molar-refractivity contribution in [3.8, 4) is 0 Å². The number of anilines is 2. The number of rotatable bonds is 4. The minimum atomic E-state index is -0.301. The Morgan fingerprint density at radius 1 is 1.19 bits per heavy atom. The Bertz CT molecular complexity index is 526. The van der Waals surface area contributed by atoms with Crippen LogP contribution in [0.15, 0.2) is 18.2 Å². The summed E-state index contributed by atoms with van der Waals surface area (Å²) in [7, 11) is 1.81.